The average Bonchev–Trinajstić information content (AvgIpc) is 2.17. The van der Waals surface area contributed by atoms with E-state index in [0.29, 0.717) is 5.75 Å². The molecule has 2 unspecified atom stereocenters. The molecule has 0 spiro atoms. The van der Waals surface area contributed by atoms with Crippen LogP contribution in [0.25, 0.3) is 0 Å². The lowest BCUT2D eigenvalue weighted by Gasteiger charge is -2.09. The molecule has 1 aromatic rings. The zero-order valence-electron chi connectivity index (χ0n) is 8.91. The smallest absolute Gasteiger partial charge is 0.0545 e. The van der Waals surface area contributed by atoms with Crippen molar-refractivity contribution in [1.82, 2.24) is 5.32 Å². The van der Waals surface area contributed by atoms with Gasteiger partial charge < -0.3 is 5.32 Å². The summed E-state index contributed by atoms with van der Waals surface area (Å²) in [6.07, 6.45) is 0. The molecule has 0 fully saturated rings. The first-order valence-electron chi connectivity index (χ1n) is 4.76. The molecular weight excluding hydrogens is 194 g/mol. The zero-order valence-corrected chi connectivity index (χ0v) is 9.73. The Labute approximate surface area is 88.2 Å². The van der Waals surface area contributed by atoms with E-state index in [9.17, 15) is 4.21 Å². The number of nitrogens with one attached hydrogen (secondary N) is 1. The highest BCUT2D eigenvalue weighted by Crippen LogP contribution is 2.09. The molecule has 0 amide bonds. The van der Waals surface area contributed by atoms with Crippen LogP contribution in [0.5, 0.6) is 0 Å². The molecule has 0 aliphatic heterocycles. The molecule has 1 rings (SSSR count). The summed E-state index contributed by atoms with van der Waals surface area (Å²) in [6.45, 7) is 4.05. The van der Waals surface area contributed by atoms with E-state index in [1.165, 1.54) is 0 Å². The lowest BCUT2D eigenvalue weighted by atomic mass is 10.2. The Hall–Kier alpha value is -0.670. The van der Waals surface area contributed by atoms with Gasteiger partial charge in [-0.25, -0.2) is 0 Å². The van der Waals surface area contributed by atoms with Gasteiger partial charge in [-0.2, -0.15) is 0 Å². The van der Waals surface area contributed by atoms with E-state index in [0.717, 1.165) is 10.5 Å². The highest BCUT2D eigenvalue weighted by atomic mass is 32.2. The summed E-state index contributed by atoms with van der Waals surface area (Å²) in [5, 5.41) is 3.09. The van der Waals surface area contributed by atoms with Crippen LogP contribution >= 0.6 is 0 Å². The van der Waals surface area contributed by atoms with Crippen molar-refractivity contribution in [2.45, 2.75) is 24.8 Å². The minimum absolute atomic E-state index is 0.288. The minimum atomic E-state index is -0.886. The van der Waals surface area contributed by atoms with Crippen molar-refractivity contribution in [1.29, 1.82) is 0 Å². The van der Waals surface area contributed by atoms with Crippen molar-refractivity contribution in [2.75, 3.05) is 12.8 Å². The van der Waals surface area contributed by atoms with Crippen LogP contribution in [0.1, 0.15) is 12.5 Å². The maximum atomic E-state index is 11.8. The molecule has 2 nitrogen and oxygen atoms in total. The fourth-order valence-corrected chi connectivity index (χ4v) is 2.52. The maximum Gasteiger partial charge on any atom is 0.0545 e. The van der Waals surface area contributed by atoms with Gasteiger partial charge in [-0.1, -0.05) is 12.1 Å². The van der Waals surface area contributed by atoms with E-state index < -0.39 is 10.8 Å². The first-order chi connectivity index (χ1) is 6.63. The van der Waals surface area contributed by atoms with Gasteiger partial charge in [-0.05, 0) is 38.6 Å². The summed E-state index contributed by atoms with van der Waals surface area (Å²) < 4.78 is 11.8. The zero-order chi connectivity index (χ0) is 10.6. The third kappa shape index (κ3) is 3.24. The summed E-state index contributed by atoms with van der Waals surface area (Å²) in [4.78, 5) is 0.923. The topological polar surface area (TPSA) is 29.1 Å². The van der Waals surface area contributed by atoms with E-state index >= 15 is 0 Å². The van der Waals surface area contributed by atoms with Gasteiger partial charge in [-0.3, -0.25) is 4.21 Å². The largest absolute Gasteiger partial charge is 0.316 e. The van der Waals surface area contributed by atoms with Crippen LogP contribution in [0, 0.1) is 6.92 Å². The quantitative estimate of drug-likeness (QED) is 0.821. The first kappa shape index (κ1) is 11.4. The maximum absolute atomic E-state index is 11.8. The Kier molecular flexibility index (Phi) is 4.29. The third-order valence-electron chi connectivity index (χ3n) is 2.15. The van der Waals surface area contributed by atoms with E-state index in [1.54, 1.807) is 0 Å². The molecule has 0 bridgehead atoms. The predicted molar refractivity (Wildman–Crippen MR) is 61.0 cm³/mol. The average molecular weight is 211 g/mol. The SMILES string of the molecule is CNC(C)CS(=O)c1cccc(C)c1. The van der Waals surface area contributed by atoms with E-state index in [1.807, 2.05) is 45.2 Å². The Bertz CT molecular complexity index is 325. The summed E-state index contributed by atoms with van der Waals surface area (Å²) in [5.41, 5.74) is 1.16. The lowest BCUT2D eigenvalue weighted by molar-refractivity contribution is 0.646. The number of benzene rings is 1. The Morgan fingerprint density at radius 1 is 1.50 bits per heavy atom. The van der Waals surface area contributed by atoms with Crippen LogP contribution < -0.4 is 5.32 Å². The molecule has 3 heteroatoms. The van der Waals surface area contributed by atoms with Crippen LogP contribution in [-0.4, -0.2) is 23.1 Å². The standard InChI is InChI=1S/C11H17NOS/c1-9-5-4-6-11(7-9)14(13)8-10(2)12-3/h4-7,10,12H,8H2,1-3H3. The van der Waals surface area contributed by atoms with E-state index in [-0.39, 0.29) is 6.04 Å². The number of hydrogen-bond donors (Lipinski definition) is 1. The molecule has 78 valence electrons. The molecular formula is C11H17NOS. The van der Waals surface area contributed by atoms with Crippen LogP contribution in [-0.2, 0) is 10.8 Å². The van der Waals surface area contributed by atoms with E-state index in [4.69, 9.17) is 0 Å². The van der Waals surface area contributed by atoms with E-state index in [2.05, 4.69) is 5.32 Å². The molecule has 0 aliphatic rings. The fourth-order valence-electron chi connectivity index (χ4n) is 1.16. The summed E-state index contributed by atoms with van der Waals surface area (Å²) in [6, 6.07) is 8.16. The fraction of sp³-hybridized carbons (Fsp3) is 0.455. The molecule has 0 aromatic heterocycles. The second-order valence-electron chi connectivity index (χ2n) is 3.52. The van der Waals surface area contributed by atoms with Gasteiger partial charge in [0.2, 0.25) is 0 Å². The molecule has 1 N–H and O–H groups in total. The van der Waals surface area contributed by atoms with Gasteiger partial charge in [0.1, 0.15) is 0 Å². The molecule has 1 aromatic carbocycles. The van der Waals surface area contributed by atoms with Gasteiger partial charge in [0.05, 0.1) is 10.8 Å². The number of rotatable bonds is 4. The predicted octanol–water partition coefficient (Wildman–Crippen LogP) is 1.71. The van der Waals surface area contributed by atoms with Gasteiger partial charge in [0.15, 0.2) is 0 Å². The normalized spacial score (nSPS) is 15.1. The van der Waals surface area contributed by atoms with Crippen molar-refractivity contribution in [3.05, 3.63) is 29.8 Å². The van der Waals surface area contributed by atoms with Crippen molar-refractivity contribution in [2.24, 2.45) is 0 Å². The molecule has 0 saturated heterocycles. The number of hydrogen-bond acceptors (Lipinski definition) is 2. The van der Waals surface area contributed by atoms with Crippen molar-refractivity contribution < 1.29 is 4.21 Å². The highest BCUT2D eigenvalue weighted by Gasteiger charge is 2.07. The molecule has 0 radical (unpaired) electrons. The van der Waals surface area contributed by atoms with Gasteiger partial charge in [0, 0.05) is 16.7 Å². The van der Waals surface area contributed by atoms with Crippen LogP contribution in [0.3, 0.4) is 0 Å². The Balaban J connectivity index is 2.70. The van der Waals surface area contributed by atoms with Crippen LogP contribution in [0.2, 0.25) is 0 Å². The van der Waals surface area contributed by atoms with Gasteiger partial charge in [0.25, 0.3) is 0 Å². The van der Waals surface area contributed by atoms with Gasteiger partial charge in [-0.15, -0.1) is 0 Å². The lowest BCUT2D eigenvalue weighted by Crippen LogP contribution is -2.27. The molecule has 0 saturated carbocycles. The molecule has 0 aliphatic carbocycles. The van der Waals surface area contributed by atoms with Crippen LogP contribution in [0.4, 0.5) is 0 Å². The van der Waals surface area contributed by atoms with Crippen molar-refractivity contribution in [3.63, 3.8) is 0 Å². The number of aryl methyl sites for hydroxylation is 1. The summed E-state index contributed by atoms with van der Waals surface area (Å²) in [7, 11) is 1.00. The minimum Gasteiger partial charge on any atom is -0.316 e. The van der Waals surface area contributed by atoms with Crippen molar-refractivity contribution >= 4 is 10.8 Å². The molecule has 0 heterocycles. The summed E-state index contributed by atoms with van der Waals surface area (Å²) in [5.74, 6) is 0.667. The monoisotopic (exact) mass is 211 g/mol. The second kappa shape index (κ2) is 5.27. The van der Waals surface area contributed by atoms with Crippen molar-refractivity contribution in [3.8, 4) is 0 Å². The Morgan fingerprint density at radius 2 is 2.21 bits per heavy atom. The molecule has 2 atom stereocenters. The summed E-state index contributed by atoms with van der Waals surface area (Å²) >= 11 is 0. The Morgan fingerprint density at radius 3 is 2.79 bits per heavy atom. The first-order valence-corrected chi connectivity index (χ1v) is 6.07. The second-order valence-corrected chi connectivity index (χ2v) is 5.01. The van der Waals surface area contributed by atoms with Gasteiger partial charge >= 0.3 is 0 Å². The third-order valence-corrected chi connectivity index (χ3v) is 3.73. The highest BCUT2D eigenvalue weighted by molar-refractivity contribution is 7.85. The van der Waals surface area contributed by atoms with Crippen LogP contribution in [0.15, 0.2) is 29.2 Å². The molecule has 14 heavy (non-hydrogen) atoms.